The molecule has 1 aromatic heterocycles. The third kappa shape index (κ3) is 3.60. The zero-order chi connectivity index (χ0) is 23.3. The first-order valence-corrected chi connectivity index (χ1v) is 10.3. The number of piperidine rings is 1. The maximum absolute atomic E-state index is 13.4. The Morgan fingerprint density at radius 3 is 2.72 bits per heavy atom. The molecule has 4 rings (SSSR count). The Hall–Kier alpha value is -3.06. The molecule has 0 bridgehead atoms. The van der Waals surface area contributed by atoms with E-state index in [0.717, 1.165) is 6.07 Å². The number of aliphatic hydroxyl groups excluding tert-OH is 1. The number of alkyl halides is 3. The minimum Gasteiger partial charge on any atom is -0.396 e. The van der Waals surface area contributed by atoms with Gasteiger partial charge in [0.05, 0.1) is 29.5 Å². The molecular formula is C22H23F3N4O3. The Morgan fingerprint density at radius 1 is 1.38 bits per heavy atom. The van der Waals surface area contributed by atoms with Gasteiger partial charge >= 0.3 is 6.18 Å². The molecule has 2 aromatic rings. The summed E-state index contributed by atoms with van der Waals surface area (Å²) in [5, 5.41) is 23.1. The van der Waals surface area contributed by atoms with Crippen molar-refractivity contribution in [2.24, 2.45) is 11.3 Å². The van der Waals surface area contributed by atoms with E-state index in [2.05, 4.69) is 5.16 Å². The summed E-state index contributed by atoms with van der Waals surface area (Å²) in [5.74, 6) is 0.0997. The van der Waals surface area contributed by atoms with Gasteiger partial charge in [-0.05, 0) is 38.5 Å². The smallest absolute Gasteiger partial charge is 0.396 e. The van der Waals surface area contributed by atoms with E-state index in [1.54, 1.807) is 24.8 Å². The van der Waals surface area contributed by atoms with Crippen LogP contribution in [0.15, 0.2) is 22.7 Å². The number of carbonyl (C=O) groups excluding carboxylic acids is 1. The molecule has 1 N–H and O–H groups in total. The number of aliphatic hydroxyl groups is 1. The summed E-state index contributed by atoms with van der Waals surface area (Å²) in [6.07, 6.45) is -4.10. The molecule has 32 heavy (non-hydrogen) atoms. The molecule has 0 saturated carbocycles. The second-order valence-corrected chi connectivity index (χ2v) is 8.64. The number of hydrogen-bond acceptors (Lipinski definition) is 6. The third-order valence-corrected chi connectivity index (χ3v) is 6.78. The van der Waals surface area contributed by atoms with E-state index in [0.29, 0.717) is 55.3 Å². The Morgan fingerprint density at radius 2 is 2.12 bits per heavy atom. The van der Waals surface area contributed by atoms with Crippen molar-refractivity contribution in [3.8, 4) is 6.07 Å². The Bertz CT molecular complexity index is 1070. The second-order valence-electron chi connectivity index (χ2n) is 8.64. The predicted octanol–water partition coefficient (Wildman–Crippen LogP) is 3.14. The third-order valence-electron chi connectivity index (χ3n) is 6.78. The molecule has 1 aromatic carbocycles. The van der Waals surface area contributed by atoms with Crippen molar-refractivity contribution in [1.82, 2.24) is 10.1 Å². The minimum absolute atomic E-state index is 0.113. The number of amides is 1. The first-order valence-electron chi connectivity index (χ1n) is 10.3. The van der Waals surface area contributed by atoms with Gasteiger partial charge in [0.15, 0.2) is 0 Å². The summed E-state index contributed by atoms with van der Waals surface area (Å²) in [6, 6.07) is 5.31. The van der Waals surface area contributed by atoms with Gasteiger partial charge in [-0.3, -0.25) is 4.79 Å². The minimum atomic E-state index is -4.63. The number of rotatable bonds is 3. The lowest BCUT2D eigenvalue weighted by atomic mass is 9.73. The Balaban J connectivity index is 1.58. The van der Waals surface area contributed by atoms with Crippen molar-refractivity contribution in [3.63, 3.8) is 0 Å². The van der Waals surface area contributed by atoms with Crippen LogP contribution in [-0.2, 0) is 6.18 Å². The largest absolute Gasteiger partial charge is 0.417 e. The quantitative estimate of drug-likeness (QED) is 0.776. The van der Waals surface area contributed by atoms with Crippen LogP contribution in [0.4, 0.5) is 18.9 Å². The first kappa shape index (κ1) is 22.1. The molecule has 0 aliphatic carbocycles. The van der Waals surface area contributed by atoms with E-state index in [-0.39, 0.29) is 18.4 Å². The summed E-state index contributed by atoms with van der Waals surface area (Å²) >= 11 is 0. The molecule has 2 aliphatic rings. The number of benzene rings is 1. The van der Waals surface area contributed by atoms with E-state index < -0.39 is 22.7 Å². The number of hydrogen-bond donors (Lipinski definition) is 1. The fourth-order valence-electron chi connectivity index (χ4n) is 4.94. The number of aromatic nitrogens is 1. The Kier molecular flexibility index (Phi) is 5.41. The van der Waals surface area contributed by atoms with Crippen LogP contribution in [0.3, 0.4) is 0 Å². The van der Waals surface area contributed by atoms with Crippen LogP contribution in [0.25, 0.3) is 0 Å². The van der Waals surface area contributed by atoms with E-state index in [4.69, 9.17) is 9.78 Å². The molecule has 2 fully saturated rings. The maximum Gasteiger partial charge on any atom is 0.417 e. The van der Waals surface area contributed by atoms with Crippen LogP contribution in [0.2, 0.25) is 0 Å². The highest BCUT2D eigenvalue weighted by molar-refractivity contribution is 5.96. The van der Waals surface area contributed by atoms with Crippen LogP contribution in [-0.4, -0.2) is 53.9 Å². The van der Waals surface area contributed by atoms with Crippen molar-refractivity contribution < 1.29 is 27.6 Å². The average Bonchev–Trinajstić information content (AvgIpc) is 3.31. The molecular weight excluding hydrogens is 425 g/mol. The van der Waals surface area contributed by atoms with Gasteiger partial charge in [-0.1, -0.05) is 5.16 Å². The average molecular weight is 448 g/mol. The van der Waals surface area contributed by atoms with Gasteiger partial charge in [-0.25, -0.2) is 0 Å². The molecule has 170 valence electrons. The molecule has 10 heteroatoms. The number of fused-ring (bicyclic) bond motifs is 1. The molecule has 0 radical (unpaired) electrons. The summed E-state index contributed by atoms with van der Waals surface area (Å²) in [5.41, 5.74) is -0.601. The highest BCUT2D eigenvalue weighted by atomic mass is 19.4. The number of likely N-dealkylation sites (tertiary alicyclic amines) is 1. The molecule has 1 amide bonds. The lowest BCUT2D eigenvalue weighted by molar-refractivity contribution is -0.137. The zero-order valence-electron chi connectivity index (χ0n) is 17.7. The van der Waals surface area contributed by atoms with Crippen LogP contribution in [0.1, 0.15) is 39.4 Å². The lowest BCUT2D eigenvalue weighted by Crippen LogP contribution is -2.49. The number of carbonyl (C=O) groups is 1. The molecule has 2 saturated heterocycles. The molecule has 0 unspecified atom stereocenters. The van der Waals surface area contributed by atoms with Crippen LogP contribution >= 0.6 is 0 Å². The highest BCUT2D eigenvalue weighted by Crippen LogP contribution is 2.45. The van der Waals surface area contributed by atoms with Gasteiger partial charge in [0.2, 0.25) is 0 Å². The highest BCUT2D eigenvalue weighted by Gasteiger charge is 2.51. The van der Waals surface area contributed by atoms with Gasteiger partial charge < -0.3 is 19.4 Å². The number of nitrogens with zero attached hydrogens (tertiary/aromatic N) is 4. The van der Waals surface area contributed by atoms with Crippen molar-refractivity contribution in [2.45, 2.75) is 26.4 Å². The van der Waals surface area contributed by atoms with E-state index in [1.807, 2.05) is 4.90 Å². The molecule has 0 spiro atoms. The Labute approximate surface area is 183 Å². The lowest BCUT2D eigenvalue weighted by Gasteiger charge is -2.43. The van der Waals surface area contributed by atoms with Gasteiger partial charge in [-0.2, -0.15) is 18.4 Å². The van der Waals surface area contributed by atoms with Crippen LogP contribution in [0.5, 0.6) is 0 Å². The molecule has 2 aliphatic heterocycles. The first-order chi connectivity index (χ1) is 15.1. The topological polar surface area (TPSA) is 93.6 Å². The van der Waals surface area contributed by atoms with Gasteiger partial charge in [0, 0.05) is 43.2 Å². The van der Waals surface area contributed by atoms with Gasteiger partial charge in [0.25, 0.3) is 5.91 Å². The normalized spacial score (nSPS) is 23.2. The fraction of sp³-hybridized carbons (Fsp3) is 0.500. The number of anilines is 1. The standard InChI is InChI=1S/C22H23F3N4O3/c1-13-19(14(2)32-27-13)20(31)29-10-16-9-28(6-5-21(16,11-29)12-30)17-4-3-15(8-26)18(7-17)22(23,24)25/h3-4,7,16,30H,5-6,9-12H2,1-2H3/t16-,21+/m1/s1. The zero-order valence-corrected chi connectivity index (χ0v) is 17.7. The molecule has 2 atom stereocenters. The number of nitriles is 1. The number of aryl methyl sites for hydroxylation is 2. The maximum atomic E-state index is 13.4. The van der Waals surface area contributed by atoms with Gasteiger partial charge in [-0.15, -0.1) is 0 Å². The predicted molar refractivity (Wildman–Crippen MR) is 108 cm³/mol. The van der Waals surface area contributed by atoms with Crippen LogP contribution < -0.4 is 4.90 Å². The van der Waals surface area contributed by atoms with Crippen molar-refractivity contribution in [2.75, 3.05) is 37.7 Å². The molecule has 7 nitrogen and oxygen atoms in total. The summed E-state index contributed by atoms with van der Waals surface area (Å²) in [4.78, 5) is 16.6. The van der Waals surface area contributed by atoms with E-state index in [1.165, 1.54) is 12.1 Å². The second kappa shape index (κ2) is 7.81. The van der Waals surface area contributed by atoms with E-state index >= 15 is 0 Å². The fourth-order valence-corrected chi connectivity index (χ4v) is 4.94. The van der Waals surface area contributed by atoms with Crippen molar-refractivity contribution in [1.29, 1.82) is 5.26 Å². The monoisotopic (exact) mass is 448 g/mol. The number of halogens is 3. The van der Waals surface area contributed by atoms with Gasteiger partial charge in [0.1, 0.15) is 11.3 Å². The summed E-state index contributed by atoms with van der Waals surface area (Å²) in [7, 11) is 0. The SMILES string of the molecule is Cc1noc(C)c1C(=O)N1C[C@H]2CN(c3ccc(C#N)c(C(F)(F)F)c3)CC[C@@]2(CO)C1. The van der Waals surface area contributed by atoms with E-state index in [9.17, 15) is 23.1 Å². The summed E-state index contributed by atoms with van der Waals surface area (Å²) in [6.45, 7) is 4.83. The van der Waals surface area contributed by atoms with Crippen LogP contribution in [0, 0.1) is 36.5 Å². The molecule has 3 heterocycles. The van der Waals surface area contributed by atoms with Crippen molar-refractivity contribution >= 4 is 11.6 Å². The van der Waals surface area contributed by atoms with Crippen molar-refractivity contribution in [3.05, 3.63) is 46.3 Å². The summed E-state index contributed by atoms with van der Waals surface area (Å²) < 4.78 is 45.3.